The van der Waals surface area contributed by atoms with Crippen molar-refractivity contribution in [3.05, 3.63) is 29.8 Å². The van der Waals surface area contributed by atoms with E-state index in [1.807, 2.05) is 13.0 Å². The summed E-state index contributed by atoms with van der Waals surface area (Å²) < 4.78 is 5.13. The molecule has 0 aliphatic carbocycles. The Balaban J connectivity index is 2.65. The highest BCUT2D eigenvalue weighted by Crippen LogP contribution is 2.16. The summed E-state index contributed by atoms with van der Waals surface area (Å²) in [6.07, 6.45) is 3.11. The van der Waals surface area contributed by atoms with Gasteiger partial charge in [0.25, 0.3) is 5.91 Å². The van der Waals surface area contributed by atoms with Crippen LogP contribution in [0.4, 0.5) is 0 Å². The van der Waals surface area contributed by atoms with Crippen LogP contribution in [0.15, 0.2) is 29.4 Å². The van der Waals surface area contributed by atoms with Gasteiger partial charge in [-0.1, -0.05) is 25.5 Å². The summed E-state index contributed by atoms with van der Waals surface area (Å²) in [5, 5.41) is 4.07. The maximum Gasteiger partial charge on any atom is 0.275 e. The minimum absolute atomic E-state index is 0.247. The molecule has 0 bridgehead atoms. The fourth-order valence-electron chi connectivity index (χ4n) is 1.53. The summed E-state index contributed by atoms with van der Waals surface area (Å²) in [5.74, 6) is 0.305. The first-order chi connectivity index (χ1) is 8.69. The number of hydrogen-bond acceptors (Lipinski definition) is 3. The van der Waals surface area contributed by atoms with Crippen molar-refractivity contribution in [2.24, 2.45) is 5.10 Å². The second kappa shape index (κ2) is 7.48. The first-order valence-electron chi connectivity index (χ1n) is 6.15. The monoisotopic (exact) mass is 248 g/mol. The predicted molar refractivity (Wildman–Crippen MR) is 73.1 cm³/mol. The van der Waals surface area contributed by atoms with Crippen LogP contribution in [0.1, 0.15) is 43.5 Å². The summed E-state index contributed by atoms with van der Waals surface area (Å²) in [7, 11) is 1.54. The van der Waals surface area contributed by atoms with E-state index < -0.39 is 0 Å². The molecular formula is C14H20N2O2. The molecule has 18 heavy (non-hydrogen) atoms. The highest BCUT2D eigenvalue weighted by Gasteiger charge is 2.10. The van der Waals surface area contributed by atoms with Gasteiger partial charge in [0.05, 0.1) is 12.7 Å². The molecule has 1 N–H and O–H groups in total. The topological polar surface area (TPSA) is 50.7 Å². The van der Waals surface area contributed by atoms with E-state index in [1.54, 1.807) is 25.3 Å². The lowest BCUT2D eigenvalue weighted by Gasteiger charge is -2.06. The number of para-hydroxylation sites is 1. The SMILES string of the molecule is CCCC/C(C)=N/NC(=O)c1ccccc1OC. The average Bonchev–Trinajstić information content (AvgIpc) is 2.42. The second-order valence-corrected chi connectivity index (χ2v) is 4.09. The van der Waals surface area contributed by atoms with Gasteiger partial charge in [0.2, 0.25) is 0 Å². The summed E-state index contributed by atoms with van der Waals surface area (Å²) >= 11 is 0. The standard InChI is InChI=1S/C14H20N2O2/c1-4-5-8-11(2)15-16-14(17)12-9-6-7-10-13(12)18-3/h6-7,9-10H,4-5,8H2,1-3H3,(H,16,17)/b15-11+. The zero-order valence-electron chi connectivity index (χ0n) is 11.2. The molecule has 0 heterocycles. The lowest BCUT2D eigenvalue weighted by molar-refractivity contribution is 0.0951. The van der Waals surface area contributed by atoms with Crippen LogP contribution in [0.2, 0.25) is 0 Å². The highest BCUT2D eigenvalue weighted by molar-refractivity contribution is 5.97. The van der Waals surface area contributed by atoms with Crippen LogP contribution < -0.4 is 10.2 Å². The van der Waals surface area contributed by atoms with Crippen LogP contribution in [0.25, 0.3) is 0 Å². The van der Waals surface area contributed by atoms with Gasteiger partial charge in [0.15, 0.2) is 0 Å². The first-order valence-corrected chi connectivity index (χ1v) is 6.15. The van der Waals surface area contributed by atoms with E-state index in [4.69, 9.17) is 4.74 Å². The van der Waals surface area contributed by atoms with Gasteiger partial charge in [-0.3, -0.25) is 4.79 Å². The zero-order valence-corrected chi connectivity index (χ0v) is 11.2. The summed E-state index contributed by atoms with van der Waals surface area (Å²) in [4.78, 5) is 11.9. The van der Waals surface area contributed by atoms with E-state index in [-0.39, 0.29) is 5.91 Å². The molecule has 1 aromatic rings. The molecule has 0 aromatic heterocycles. The third kappa shape index (κ3) is 4.20. The molecule has 4 nitrogen and oxygen atoms in total. The molecule has 0 spiro atoms. The van der Waals surface area contributed by atoms with Crippen molar-refractivity contribution in [2.45, 2.75) is 33.1 Å². The molecule has 0 saturated heterocycles. The average molecular weight is 248 g/mol. The number of carbonyl (C=O) groups is 1. The number of nitrogens with zero attached hydrogens (tertiary/aromatic N) is 1. The lowest BCUT2D eigenvalue weighted by Crippen LogP contribution is -2.19. The molecule has 1 amide bonds. The van der Waals surface area contributed by atoms with Gasteiger partial charge >= 0.3 is 0 Å². The van der Waals surface area contributed by atoms with E-state index in [9.17, 15) is 4.79 Å². The van der Waals surface area contributed by atoms with Gasteiger partial charge in [-0.05, 0) is 31.9 Å². The van der Waals surface area contributed by atoms with Crippen molar-refractivity contribution < 1.29 is 9.53 Å². The number of hydrazone groups is 1. The van der Waals surface area contributed by atoms with Crippen molar-refractivity contribution >= 4 is 11.6 Å². The highest BCUT2D eigenvalue weighted by atomic mass is 16.5. The van der Waals surface area contributed by atoms with Crippen molar-refractivity contribution in [1.82, 2.24) is 5.43 Å². The fraction of sp³-hybridized carbons (Fsp3) is 0.429. The van der Waals surface area contributed by atoms with Gasteiger partial charge < -0.3 is 4.74 Å². The van der Waals surface area contributed by atoms with E-state index in [1.165, 1.54) is 0 Å². The Bertz CT molecular complexity index is 428. The molecule has 0 atom stereocenters. The number of methoxy groups -OCH3 is 1. The molecule has 4 heteroatoms. The normalized spacial score (nSPS) is 11.2. The molecule has 0 unspecified atom stereocenters. The molecule has 1 rings (SSSR count). The Morgan fingerprint density at radius 1 is 1.39 bits per heavy atom. The lowest BCUT2D eigenvalue weighted by atomic mass is 10.2. The number of carbonyl (C=O) groups excluding carboxylic acids is 1. The van der Waals surface area contributed by atoms with Crippen LogP contribution in [0.3, 0.4) is 0 Å². The van der Waals surface area contributed by atoms with Crippen molar-refractivity contribution in [2.75, 3.05) is 7.11 Å². The quantitative estimate of drug-likeness (QED) is 0.621. The van der Waals surface area contributed by atoms with Crippen molar-refractivity contribution in [3.8, 4) is 5.75 Å². The number of amides is 1. The van der Waals surface area contributed by atoms with Crippen molar-refractivity contribution in [3.63, 3.8) is 0 Å². The number of unbranched alkanes of at least 4 members (excludes halogenated alkanes) is 1. The second-order valence-electron chi connectivity index (χ2n) is 4.09. The minimum atomic E-state index is -0.247. The van der Waals surface area contributed by atoms with E-state index in [0.29, 0.717) is 11.3 Å². The van der Waals surface area contributed by atoms with Crippen LogP contribution in [0.5, 0.6) is 5.75 Å². The molecule has 1 aromatic carbocycles. The van der Waals surface area contributed by atoms with Gasteiger partial charge in [-0.2, -0.15) is 5.10 Å². The zero-order chi connectivity index (χ0) is 13.4. The van der Waals surface area contributed by atoms with E-state index in [0.717, 1.165) is 25.0 Å². The molecule has 0 aliphatic heterocycles. The Kier molecular flexibility index (Phi) is 5.91. The molecule has 0 saturated carbocycles. The smallest absolute Gasteiger partial charge is 0.275 e. The van der Waals surface area contributed by atoms with Crippen LogP contribution >= 0.6 is 0 Å². The molecule has 0 fully saturated rings. The Morgan fingerprint density at radius 2 is 2.11 bits per heavy atom. The summed E-state index contributed by atoms with van der Waals surface area (Å²) in [5.41, 5.74) is 3.97. The molecule has 98 valence electrons. The molecule has 0 radical (unpaired) electrons. The number of hydrogen-bond donors (Lipinski definition) is 1. The third-order valence-corrected chi connectivity index (χ3v) is 2.59. The van der Waals surface area contributed by atoms with Gasteiger partial charge in [-0.25, -0.2) is 5.43 Å². The number of benzene rings is 1. The first kappa shape index (κ1) is 14.2. The van der Waals surface area contributed by atoms with Crippen molar-refractivity contribution in [1.29, 1.82) is 0 Å². The fourth-order valence-corrected chi connectivity index (χ4v) is 1.53. The molecular weight excluding hydrogens is 228 g/mol. The van der Waals surface area contributed by atoms with Gasteiger partial charge in [0.1, 0.15) is 5.75 Å². The number of nitrogens with one attached hydrogen (secondary N) is 1. The summed E-state index contributed by atoms with van der Waals surface area (Å²) in [6.45, 7) is 4.04. The maximum absolute atomic E-state index is 11.9. The minimum Gasteiger partial charge on any atom is -0.496 e. The van der Waals surface area contributed by atoms with E-state index >= 15 is 0 Å². The Labute approximate surface area is 108 Å². The Hall–Kier alpha value is -1.84. The third-order valence-electron chi connectivity index (χ3n) is 2.59. The largest absolute Gasteiger partial charge is 0.496 e. The van der Waals surface area contributed by atoms with Crippen LogP contribution in [-0.4, -0.2) is 18.7 Å². The summed E-state index contributed by atoms with van der Waals surface area (Å²) in [6, 6.07) is 7.09. The van der Waals surface area contributed by atoms with E-state index in [2.05, 4.69) is 17.5 Å². The number of rotatable bonds is 6. The van der Waals surface area contributed by atoms with Crippen LogP contribution in [-0.2, 0) is 0 Å². The Morgan fingerprint density at radius 3 is 2.78 bits per heavy atom. The van der Waals surface area contributed by atoms with Crippen LogP contribution in [0, 0.1) is 0 Å². The maximum atomic E-state index is 11.9. The predicted octanol–water partition coefficient (Wildman–Crippen LogP) is 2.99. The molecule has 0 aliphatic rings. The number of ether oxygens (including phenoxy) is 1. The van der Waals surface area contributed by atoms with Gasteiger partial charge in [-0.15, -0.1) is 0 Å². The van der Waals surface area contributed by atoms with Gasteiger partial charge in [0, 0.05) is 5.71 Å².